The number of amides is 1. The van der Waals surface area contributed by atoms with Gasteiger partial charge in [0.1, 0.15) is 11.5 Å². The molecule has 0 unspecified atom stereocenters. The number of sulfone groups is 1. The van der Waals surface area contributed by atoms with Gasteiger partial charge in [-0.1, -0.05) is 41.1 Å². The van der Waals surface area contributed by atoms with Crippen LogP contribution in [0.2, 0.25) is 0 Å². The van der Waals surface area contributed by atoms with Crippen molar-refractivity contribution in [1.82, 2.24) is 0 Å². The molecular weight excluding hydrogens is 490 g/mol. The molecule has 0 bridgehead atoms. The van der Waals surface area contributed by atoms with E-state index in [0.717, 1.165) is 39.2 Å². The summed E-state index contributed by atoms with van der Waals surface area (Å²) in [4.78, 5) is 15.2. The van der Waals surface area contributed by atoms with Crippen LogP contribution in [0.3, 0.4) is 0 Å². The fraction of sp³-hybridized carbons (Fsp3) is 0.240. The van der Waals surface area contributed by atoms with E-state index in [1.165, 1.54) is 0 Å². The molecule has 0 radical (unpaired) electrons. The van der Waals surface area contributed by atoms with Crippen molar-refractivity contribution in [3.8, 4) is 11.5 Å². The zero-order chi connectivity index (χ0) is 22.9. The highest BCUT2D eigenvalue weighted by atomic mass is 79.9. The van der Waals surface area contributed by atoms with Gasteiger partial charge in [0.2, 0.25) is 5.91 Å². The van der Waals surface area contributed by atoms with Gasteiger partial charge < -0.3 is 9.64 Å². The Balaban J connectivity index is 1.57. The van der Waals surface area contributed by atoms with E-state index in [0.29, 0.717) is 12.1 Å². The fourth-order valence-electron chi connectivity index (χ4n) is 4.00. The molecule has 0 N–H and O–H groups in total. The smallest absolute Gasteiger partial charge is 0.231 e. The third kappa shape index (κ3) is 4.45. The van der Waals surface area contributed by atoms with Crippen molar-refractivity contribution in [2.24, 2.45) is 0 Å². The normalized spacial score (nSPS) is 13.2. The third-order valence-electron chi connectivity index (χ3n) is 5.77. The Morgan fingerprint density at radius 3 is 2.50 bits per heavy atom. The van der Waals surface area contributed by atoms with Crippen LogP contribution in [-0.4, -0.2) is 26.6 Å². The van der Waals surface area contributed by atoms with Crippen LogP contribution in [-0.2, 0) is 27.5 Å². The molecule has 7 heteroatoms. The second-order valence-electron chi connectivity index (χ2n) is 7.73. The van der Waals surface area contributed by atoms with Gasteiger partial charge in [0.05, 0.1) is 17.1 Å². The Kier molecular flexibility index (Phi) is 6.40. The number of hydrogen-bond acceptors (Lipinski definition) is 4. The van der Waals surface area contributed by atoms with Gasteiger partial charge in [-0.3, -0.25) is 4.79 Å². The quantitative estimate of drug-likeness (QED) is 0.438. The largest absolute Gasteiger partial charge is 0.457 e. The average Bonchev–Trinajstić information content (AvgIpc) is 3.22. The zero-order valence-corrected chi connectivity index (χ0v) is 20.4. The molecule has 32 heavy (non-hydrogen) atoms. The van der Waals surface area contributed by atoms with Gasteiger partial charge in [-0.2, -0.15) is 0 Å². The van der Waals surface area contributed by atoms with Crippen LogP contribution in [0.1, 0.15) is 23.6 Å². The van der Waals surface area contributed by atoms with Crippen LogP contribution in [0.5, 0.6) is 11.5 Å². The van der Waals surface area contributed by atoms with Gasteiger partial charge in [0.15, 0.2) is 9.84 Å². The molecule has 0 fully saturated rings. The second-order valence-corrected chi connectivity index (χ2v) is 10.9. The van der Waals surface area contributed by atoms with Crippen LogP contribution in [0.4, 0.5) is 5.69 Å². The lowest BCUT2D eigenvalue weighted by Crippen LogP contribution is -2.30. The Hall–Kier alpha value is -2.64. The van der Waals surface area contributed by atoms with Crippen molar-refractivity contribution in [3.05, 3.63) is 81.8 Å². The van der Waals surface area contributed by atoms with Crippen molar-refractivity contribution in [3.63, 3.8) is 0 Å². The van der Waals surface area contributed by atoms with E-state index < -0.39 is 9.84 Å². The summed E-state index contributed by atoms with van der Waals surface area (Å²) in [6, 6.07) is 18.2. The van der Waals surface area contributed by atoms with E-state index in [-0.39, 0.29) is 23.0 Å². The lowest BCUT2D eigenvalue weighted by atomic mass is 10.0. The first-order chi connectivity index (χ1) is 15.3. The third-order valence-corrected chi connectivity index (χ3v) is 8.13. The molecule has 0 spiro atoms. The highest BCUT2D eigenvalue weighted by molar-refractivity contribution is 9.10. The number of carbonyl (C=O) groups excluding carboxylic acids is 1. The number of fused-ring (bicyclic) bond motifs is 1. The lowest BCUT2D eigenvalue weighted by Gasteiger charge is -2.19. The van der Waals surface area contributed by atoms with Gasteiger partial charge in [0, 0.05) is 16.7 Å². The van der Waals surface area contributed by atoms with Crippen molar-refractivity contribution >= 4 is 37.4 Å². The monoisotopic (exact) mass is 513 g/mol. The Labute approximate surface area is 197 Å². The van der Waals surface area contributed by atoms with Gasteiger partial charge in [-0.15, -0.1) is 0 Å². The second kappa shape index (κ2) is 9.08. The number of hydrogen-bond donors (Lipinski definition) is 0. The van der Waals surface area contributed by atoms with Crippen LogP contribution in [0.25, 0.3) is 0 Å². The van der Waals surface area contributed by atoms with Gasteiger partial charge >= 0.3 is 0 Å². The van der Waals surface area contributed by atoms with E-state index in [1.54, 1.807) is 36.1 Å². The number of halogens is 1. The van der Waals surface area contributed by atoms with E-state index in [4.69, 9.17) is 4.74 Å². The molecule has 4 rings (SSSR count). The van der Waals surface area contributed by atoms with Gasteiger partial charge in [-0.05, 0) is 72.5 Å². The van der Waals surface area contributed by atoms with E-state index in [9.17, 15) is 13.2 Å². The molecule has 0 aliphatic carbocycles. The Bertz CT molecular complexity index is 1270. The van der Waals surface area contributed by atoms with Crippen molar-refractivity contribution in [2.75, 3.05) is 17.2 Å². The lowest BCUT2D eigenvalue weighted by molar-refractivity contribution is -0.117. The van der Waals surface area contributed by atoms with Crippen LogP contribution in [0, 0.1) is 6.92 Å². The molecule has 1 amide bonds. The maximum Gasteiger partial charge on any atom is 0.231 e. The van der Waals surface area contributed by atoms with Gasteiger partial charge in [0.25, 0.3) is 0 Å². The Morgan fingerprint density at radius 1 is 1.06 bits per heavy atom. The summed E-state index contributed by atoms with van der Waals surface area (Å²) < 4.78 is 31.9. The predicted octanol–water partition coefficient (Wildman–Crippen LogP) is 5.48. The van der Waals surface area contributed by atoms with Crippen molar-refractivity contribution in [1.29, 1.82) is 0 Å². The Morgan fingerprint density at radius 2 is 1.78 bits per heavy atom. The number of ether oxygens (including phenoxy) is 1. The number of anilines is 1. The van der Waals surface area contributed by atoms with E-state index >= 15 is 0 Å². The zero-order valence-electron chi connectivity index (χ0n) is 18.0. The molecular formula is C25H24BrNO4S. The average molecular weight is 514 g/mol. The molecule has 0 atom stereocenters. The topological polar surface area (TPSA) is 63.7 Å². The molecule has 0 saturated carbocycles. The summed E-state index contributed by atoms with van der Waals surface area (Å²) in [5.41, 5.74) is 3.50. The highest BCUT2D eigenvalue weighted by Crippen LogP contribution is 2.37. The van der Waals surface area contributed by atoms with Crippen molar-refractivity contribution in [2.45, 2.75) is 31.6 Å². The summed E-state index contributed by atoms with van der Waals surface area (Å²) in [6.07, 6.45) is 0.782. The van der Waals surface area contributed by atoms with E-state index in [2.05, 4.69) is 15.9 Å². The first kappa shape index (κ1) is 22.6. The number of nitrogens with zero attached hydrogens (tertiary/aromatic N) is 1. The minimum atomic E-state index is -3.39. The molecule has 5 nitrogen and oxygen atoms in total. The molecule has 166 valence electrons. The molecule has 1 aliphatic rings. The SMILES string of the molecule is CCS(=O)(=O)c1ccccc1CC(=O)N1CCc2c1ccc(Oc1ccc(Br)cc1)c2C. The number of benzene rings is 3. The molecule has 0 aromatic heterocycles. The first-order valence-corrected chi connectivity index (χ1v) is 12.9. The molecule has 1 heterocycles. The molecule has 0 saturated heterocycles. The summed E-state index contributed by atoms with van der Waals surface area (Å²) in [5.74, 6) is 1.41. The predicted molar refractivity (Wildman–Crippen MR) is 129 cm³/mol. The van der Waals surface area contributed by atoms with Crippen LogP contribution in [0.15, 0.2) is 70.0 Å². The van der Waals surface area contributed by atoms with Crippen LogP contribution < -0.4 is 9.64 Å². The fourth-order valence-corrected chi connectivity index (χ4v) is 5.40. The minimum Gasteiger partial charge on any atom is -0.457 e. The minimum absolute atomic E-state index is 0.00505. The molecule has 1 aliphatic heterocycles. The maximum atomic E-state index is 13.2. The summed E-state index contributed by atoms with van der Waals surface area (Å²) in [7, 11) is -3.39. The highest BCUT2D eigenvalue weighted by Gasteiger charge is 2.28. The summed E-state index contributed by atoms with van der Waals surface area (Å²) in [6.45, 7) is 4.19. The summed E-state index contributed by atoms with van der Waals surface area (Å²) in [5, 5.41) is 0. The molecule has 3 aromatic rings. The first-order valence-electron chi connectivity index (χ1n) is 10.5. The molecule has 3 aromatic carbocycles. The summed E-state index contributed by atoms with van der Waals surface area (Å²) >= 11 is 3.42. The van der Waals surface area contributed by atoms with Crippen molar-refractivity contribution < 1.29 is 17.9 Å². The number of carbonyl (C=O) groups is 1. The van der Waals surface area contributed by atoms with Gasteiger partial charge in [-0.25, -0.2) is 8.42 Å². The standard InChI is InChI=1S/C25H24BrNO4S/c1-3-32(29,30)24-7-5-4-6-18(24)16-25(28)27-15-14-21-17(2)23(13-12-22(21)27)31-20-10-8-19(26)9-11-20/h4-13H,3,14-16H2,1-2H3. The maximum absolute atomic E-state index is 13.2. The number of rotatable bonds is 6. The van der Waals surface area contributed by atoms with Crippen LogP contribution >= 0.6 is 15.9 Å². The van der Waals surface area contributed by atoms with E-state index in [1.807, 2.05) is 43.3 Å².